The maximum Gasteiger partial charge on any atom is 0.152 e. The first-order valence-electron chi connectivity index (χ1n) is 6.60. The zero-order valence-corrected chi connectivity index (χ0v) is 13.5. The van der Waals surface area contributed by atoms with E-state index in [1.165, 1.54) is 0 Å². The van der Waals surface area contributed by atoms with Gasteiger partial charge >= 0.3 is 0 Å². The number of rotatable bonds is 8. The van der Waals surface area contributed by atoms with Gasteiger partial charge in [-0.2, -0.15) is 0 Å². The van der Waals surface area contributed by atoms with Gasteiger partial charge in [0, 0.05) is 22.3 Å². The Bertz CT molecular complexity index is 533. The number of hydrogen-bond donors (Lipinski definition) is 1. The monoisotopic (exact) mass is 318 g/mol. The second-order valence-electron chi connectivity index (χ2n) is 5.03. The molecular formula is C14H22O4S2. The van der Waals surface area contributed by atoms with Crippen LogP contribution in [0.25, 0.3) is 0 Å². The van der Waals surface area contributed by atoms with E-state index in [-0.39, 0.29) is 17.6 Å². The zero-order chi connectivity index (χ0) is 15.2. The molecule has 1 aromatic carbocycles. The predicted molar refractivity (Wildman–Crippen MR) is 82.6 cm³/mol. The van der Waals surface area contributed by atoms with Gasteiger partial charge in [-0.15, -0.1) is 0 Å². The molecule has 1 atom stereocenters. The van der Waals surface area contributed by atoms with Crippen molar-refractivity contribution in [1.29, 1.82) is 0 Å². The van der Waals surface area contributed by atoms with E-state index >= 15 is 0 Å². The highest BCUT2D eigenvalue weighted by molar-refractivity contribution is 7.92. The molecule has 1 N–H and O–H groups in total. The zero-order valence-electron chi connectivity index (χ0n) is 11.9. The van der Waals surface area contributed by atoms with Gasteiger partial charge in [0.1, 0.15) is 0 Å². The molecule has 0 saturated carbocycles. The average molecular weight is 318 g/mol. The molecule has 0 fully saturated rings. The van der Waals surface area contributed by atoms with Gasteiger partial charge < -0.3 is 5.11 Å². The summed E-state index contributed by atoms with van der Waals surface area (Å²) in [5.74, 6) is 0.918. The van der Waals surface area contributed by atoms with E-state index in [4.69, 9.17) is 5.11 Å². The molecule has 0 aliphatic carbocycles. The topological polar surface area (TPSA) is 71.4 Å². The van der Waals surface area contributed by atoms with E-state index in [1.54, 1.807) is 26.0 Å². The molecule has 0 radical (unpaired) electrons. The van der Waals surface area contributed by atoms with Crippen LogP contribution < -0.4 is 0 Å². The van der Waals surface area contributed by atoms with Crippen LogP contribution in [0, 0.1) is 0 Å². The third kappa shape index (κ3) is 5.73. The van der Waals surface area contributed by atoms with E-state index in [9.17, 15) is 12.6 Å². The number of aliphatic hydroxyl groups is 1. The van der Waals surface area contributed by atoms with Crippen molar-refractivity contribution in [3.05, 3.63) is 35.4 Å². The molecule has 1 unspecified atom stereocenters. The Morgan fingerprint density at radius 3 is 2.20 bits per heavy atom. The van der Waals surface area contributed by atoms with Crippen LogP contribution in [0.2, 0.25) is 0 Å². The minimum Gasteiger partial charge on any atom is -0.392 e. The van der Waals surface area contributed by atoms with E-state index in [2.05, 4.69) is 0 Å². The molecule has 0 bridgehead atoms. The second-order valence-corrected chi connectivity index (χ2v) is 9.29. The van der Waals surface area contributed by atoms with E-state index < -0.39 is 20.6 Å². The van der Waals surface area contributed by atoms with Gasteiger partial charge in [0.2, 0.25) is 0 Å². The lowest BCUT2D eigenvalue weighted by molar-refractivity contribution is 0.282. The Kier molecular flexibility index (Phi) is 6.85. The van der Waals surface area contributed by atoms with Crippen molar-refractivity contribution in [3.63, 3.8) is 0 Å². The van der Waals surface area contributed by atoms with Gasteiger partial charge in [0.05, 0.1) is 17.6 Å². The van der Waals surface area contributed by atoms with Gasteiger partial charge in [0.15, 0.2) is 9.84 Å². The lowest BCUT2D eigenvalue weighted by Crippen LogP contribution is -2.19. The highest BCUT2D eigenvalue weighted by Crippen LogP contribution is 2.09. The average Bonchev–Trinajstić information content (AvgIpc) is 2.39. The second kappa shape index (κ2) is 7.90. The summed E-state index contributed by atoms with van der Waals surface area (Å²) in [5.41, 5.74) is 1.76. The van der Waals surface area contributed by atoms with Crippen LogP contribution in [0.15, 0.2) is 24.3 Å². The first-order valence-corrected chi connectivity index (χ1v) is 9.80. The minimum atomic E-state index is -3.04. The van der Waals surface area contributed by atoms with Gasteiger partial charge in [-0.05, 0) is 31.4 Å². The number of sulfone groups is 1. The highest BCUT2D eigenvalue weighted by Gasteiger charge is 2.15. The van der Waals surface area contributed by atoms with Crippen LogP contribution in [0.5, 0.6) is 0 Å². The fourth-order valence-electron chi connectivity index (χ4n) is 1.66. The molecular weight excluding hydrogens is 296 g/mol. The summed E-state index contributed by atoms with van der Waals surface area (Å²) in [6, 6.07) is 7.29. The first-order chi connectivity index (χ1) is 9.35. The molecule has 0 saturated heterocycles. The van der Waals surface area contributed by atoms with Crippen LogP contribution in [0.3, 0.4) is 0 Å². The summed E-state index contributed by atoms with van der Waals surface area (Å²) in [6.45, 7) is 3.32. The summed E-state index contributed by atoms with van der Waals surface area (Å²) < 4.78 is 35.1. The maximum absolute atomic E-state index is 11.9. The summed E-state index contributed by atoms with van der Waals surface area (Å²) in [7, 11) is -4.09. The molecule has 6 heteroatoms. The highest BCUT2D eigenvalue weighted by atomic mass is 32.2. The van der Waals surface area contributed by atoms with Crippen LogP contribution in [0.4, 0.5) is 0 Å². The molecule has 1 rings (SSSR count). The number of aliphatic hydroxyl groups excluding tert-OH is 1. The molecule has 4 nitrogen and oxygen atoms in total. The Morgan fingerprint density at radius 1 is 1.15 bits per heavy atom. The molecule has 0 aliphatic rings. The number of hydrogen-bond acceptors (Lipinski definition) is 4. The molecule has 114 valence electrons. The Labute approximate surface area is 123 Å². The van der Waals surface area contributed by atoms with Gasteiger partial charge in [0.25, 0.3) is 0 Å². The van der Waals surface area contributed by atoms with Gasteiger partial charge in [-0.25, -0.2) is 8.42 Å². The van der Waals surface area contributed by atoms with Crippen LogP contribution in [-0.2, 0) is 33.0 Å². The van der Waals surface area contributed by atoms with E-state index in [0.29, 0.717) is 17.9 Å². The third-order valence-electron chi connectivity index (χ3n) is 3.05. The van der Waals surface area contributed by atoms with Gasteiger partial charge in [-0.3, -0.25) is 4.21 Å². The predicted octanol–water partition coefficient (Wildman–Crippen LogP) is 1.64. The standard InChI is InChI=1S/C14H22O4S2/c1-12(2)20(17,18)9-3-8-19(16)11-14-6-4-13(10-15)5-7-14/h4-7,12,15H,3,8-11H2,1-2H3. The van der Waals surface area contributed by atoms with Gasteiger partial charge in [-0.1, -0.05) is 24.3 Å². The summed E-state index contributed by atoms with van der Waals surface area (Å²) in [5, 5.41) is 8.56. The molecule has 0 amide bonds. The van der Waals surface area contributed by atoms with Crippen molar-refractivity contribution in [3.8, 4) is 0 Å². The fourth-order valence-corrected chi connectivity index (χ4v) is 4.03. The lowest BCUT2D eigenvalue weighted by atomic mass is 10.2. The Morgan fingerprint density at radius 2 is 1.70 bits per heavy atom. The molecule has 0 spiro atoms. The van der Waals surface area contributed by atoms with Crippen LogP contribution >= 0.6 is 0 Å². The molecule has 0 aliphatic heterocycles. The quantitative estimate of drug-likeness (QED) is 0.791. The van der Waals surface area contributed by atoms with Crippen molar-refractivity contribution >= 4 is 20.6 Å². The minimum absolute atomic E-state index is 0.00354. The van der Waals surface area contributed by atoms with E-state index in [1.807, 2.05) is 12.1 Å². The third-order valence-corrected chi connectivity index (χ3v) is 6.75. The summed E-state index contributed by atoms with van der Waals surface area (Å²) in [6.07, 6.45) is 0.432. The normalized spacial score (nSPS) is 13.6. The Balaban J connectivity index is 2.40. The first kappa shape index (κ1) is 17.3. The van der Waals surface area contributed by atoms with Crippen molar-refractivity contribution in [2.24, 2.45) is 0 Å². The van der Waals surface area contributed by atoms with Crippen molar-refractivity contribution in [2.75, 3.05) is 11.5 Å². The summed E-state index contributed by atoms with van der Waals surface area (Å²) in [4.78, 5) is 0. The molecule has 0 heterocycles. The van der Waals surface area contributed by atoms with Crippen molar-refractivity contribution in [1.82, 2.24) is 0 Å². The van der Waals surface area contributed by atoms with Crippen molar-refractivity contribution in [2.45, 2.75) is 37.9 Å². The SMILES string of the molecule is CC(C)S(=O)(=O)CCCS(=O)Cc1ccc(CO)cc1. The number of benzene rings is 1. The maximum atomic E-state index is 11.9. The lowest BCUT2D eigenvalue weighted by Gasteiger charge is -2.07. The molecule has 1 aromatic rings. The summed E-state index contributed by atoms with van der Waals surface area (Å²) >= 11 is 0. The fraction of sp³-hybridized carbons (Fsp3) is 0.571. The Hall–Kier alpha value is -0.720. The smallest absolute Gasteiger partial charge is 0.152 e. The van der Waals surface area contributed by atoms with Crippen LogP contribution in [0.1, 0.15) is 31.4 Å². The largest absolute Gasteiger partial charge is 0.392 e. The van der Waals surface area contributed by atoms with Crippen molar-refractivity contribution < 1.29 is 17.7 Å². The molecule has 0 aromatic heterocycles. The molecule has 20 heavy (non-hydrogen) atoms. The van der Waals surface area contributed by atoms with Crippen LogP contribution in [-0.4, -0.2) is 34.5 Å². The van der Waals surface area contributed by atoms with E-state index in [0.717, 1.165) is 11.1 Å².